The lowest BCUT2D eigenvalue weighted by Crippen LogP contribution is -2.25. The smallest absolute Gasteiger partial charge is 0.328 e. The van der Waals surface area contributed by atoms with Crippen LogP contribution in [0.25, 0.3) is 0 Å². The first-order chi connectivity index (χ1) is 11.4. The molecule has 0 saturated heterocycles. The summed E-state index contributed by atoms with van der Waals surface area (Å²) in [7, 11) is 0. The Kier molecular flexibility index (Phi) is 20.3. The van der Waals surface area contributed by atoms with E-state index in [-0.39, 0.29) is 6.54 Å². The van der Waals surface area contributed by atoms with Gasteiger partial charge in [-0.05, 0) is 6.42 Å². The Bertz CT molecular complexity index is 317. The minimum atomic E-state index is -1.26. The van der Waals surface area contributed by atoms with Crippen LogP contribution >= 0.6 is 0 Å². The summed E-state index contributed by atoms with van der Waals surface area (Å²) in [5.74, 6) is -2.51. The minimum Gasteiger partial charge on any atom is -0.478 e. The minimum absolute atomic E-state index is 0.289. The van der Waals surface area contributed by atoms with E-state index in [0.717, 1.165) is 13.0 Å². The van der Waals surface area contributed by atoms with Crippen molar-refractivity contribution < 1.29 is 29.6 Å². The average molecular weight is 347 g/mol. The van der Waals surface area contributed by atoms with Gasteiger partial charge in [0.2, 0.25) is 0 Å². The lowest BCUT2D eigenvalue weighted by molar-refractivity contribution is -0.134. The number of ether oxygens (including phenoxy) is 1. The number of carboxylic acid groups (broad SMARTS) is 2. The largest absolute Gasteiger partial charge is 0.478 e. The Morgan fingerprint density at radius 3 is 1.83 bits per heavy atom. The Balaban J connectivity index is 0. The lowest BCUT2D eigenvalue weighted by Gasteiger charge is -2.08. The quantitative estimate of drug-likeness (QED) is 0.280. The number of aliphatic hydroxyl groups excluding tert-OH is 1. The number of aliphatic carboxylic acids is 2. The molecule has 0 aromatic heterocycles. The zero-order valence-corrected chi connectivity index (χ0v) is 14.7. The fourth-order valence-electron chi connectivity index (χ4n) is 1.77. The van der Waals surface area contributed by atoms with Gasteiger partial charge in [-0.25, -0.2) is 9.59 Å². The maximum Gasteiger partial charge on any atom is 0.328 e. The molecule has 0 heterocycles. The first-order valence-electron chi connectivity index (χ1n) is 8.53. The maximum atomic E-state index is 9.55. The molecule has 0 fully saturated rings. The van der Waals surface area contributed by atoms with Crippen LogP contribution in [0, 0.1) is 0 Å². The number of aliphatic hydroxyl groups is 1. The van der Waals surface area contributed by atoms with Crippen LogP contribution in [-0.2, 0) is 14.3 Å². The standard InChI is InChI=1S/C13H29NO2.C4H4O4/c1-2-3-4-5-6-7-8-9-10-16-12-13(15)11-14;5-3(6)1-2-4(7)8/h13,15H,2-12,14H2,1H3;1-2H,(H,5,6)(H,7,8)/b;2-1+. The monoisotopic (exact) mass is 347 g/mol. The molecule has 5 N–H and O–H groups in total. The number of carbonyl (C=O) groups is 2. The van der Waals surface area contributed by atoms with Gasteiger partial charge < -0.3 is 25.8 Å². The Labute approximate surface area is 144 Å². The SMILES string of the molecule is CCCCCCCCCCOCC(O)CN.O=C(O)/C=C/C(=O)O. The van der Waals surface area contributed by atoms with Crippen molar-refractivity contribution in [1.82, 2.24) is 0 Å². The predicted octanol–water partition coefficient (Wildman–Crippen LogP) is 2.18. The molecule has 7 heteroatoms. The topological polar surface area (TPSA) is 130 Å². The van der Waals surface area contributed by atoms with Gasteiger partial charge in [-0.3, -0.25) is 0 Å². The molecule has 0 spiro atoms. The van der Waals surface area contributed by atoms with E-state index >= 15 is 0 Å². The van der Waals surface area contributed by atoms with Gasteiger partial charge in [-0.1, -0.05) is 51.9 Å². The van der Waals surface area contributed by atoms with Gasteiger partial charge in [-0.2, -0.15) is 0 Å². The highest BCUT2D eigenvalue weighted by Gasteiger charge is 1.99. The van der Waals surface area contributed by atoms with Gasteiger partial charge in [0.15, 0.2) is 0 Å². The first kappa shape index (κ1) is 24.8. The molecular formula is C17H33NO6. The van der Waals surface area contributed by atoms with Crippen molar-refractivity contribution in [2.24, 2.45) is 5.73 Å². The molecule has 0 aliphatic heterocycles. The number of unbranched alkanes of at least 4 members (excludes halogenated alkanes) is 7. The molecular weight excluding hydrogens is 314 g/mol. The molecule has 7 nitrogen and oxygen atoms in total. The van der Waals surface area contributed by atoms with Crippen LogP contribution in [0.15, 0.2) is 12.2 Å². The van der Waals surface area contributed by atoms with Gasteiger partial charge in [0, 0.05) is 25.3 Å². The van der Waals surface area contributed by atoms with E-state index in [2.05, 4.69) is 6.92 Å². The molecule has 0 radical (unpaired) electrons. The second kappa shape index (κ2) is 19.6. The molecule has 0 saturated carbocycles. The molecule has 1 unspecified atom stereocenters. The van der Waals surface area contributed by atoms with Crippen molar-refractivity contribution in [3.05, 3.63) is 12.2 Å². The summed E-state index contributed by atoms with van der Waals surface area (Å²) >= 11 is 0. The van der Waals surface area contributed by atoms with Crippen molar-refractivity contribution in [2.75, 3.05) is 19.8 Å². The van der Waals surface area contributed by atoms with Crippen molar-refractivity contribution >= 4 is 11.9 Å². The Morgan fingerprint density at radius 1 is 0.958 bits per heavy atom. The number of hydrogen-bond donors (Lipinski definition) is 4. The van der Waals surface area contributed by atoms with Gasteiger partial charge in [-0.15, -0.1) is 0 Å². The van der Waals surface area contributed by atoms with Gasteiger partial charge in [0.05, 0.1) is 12.7 Å². The van der Waals surface area contributed by atoms with E-state index in [9.17, 15) is 9.59 Å². The maximum absolute atomic E-state index is 9.55. The third-order valence-electron chi connectivity index (χ3n) is 3.09. The summed E-state index contributed by atoms with van der Waals surface area (Å²) in [6, 6.07) is 0. The van der Waals surface area contributed by atoms with Crippen LogP contribution < -0.4 is 5.73 Å². The van der Waals surface area contributed by atoms with Crippen LogP contribution in [0.3, 0.4) is 0 Å². The number of nitrogens with two attached hydrogens (primary N) is 1. The highest BCUT2D eigenvalue weighted by molar-refractivity contribution is 5.89. The van der Waals surface area contributed by atoms with Crippen LogP contribution in [0.1, 0.15) is 58.3 Å². The molecule has 0 bridgehead atoms. The molecule has 24 heavy (non-hydrogen) atoms. The van der Waals surface area contributed by atoms with Crippen molar-refractivity contribution in [3.8, 4) is 0 Å². The van der Waals surface area contributed by atoms with Crippen LogP contribution in [0.4, 0.5) is 0 Å². The van der Waals surface area contributed by atoms with E-state index in [1.54, 1.807) is 0 Å². The zero-order valence-electron chi connectivity index (χ0n) is 14.7. The van der Waals surface area contributed by atoms with Crippen LogP contribution in [-0.4, -0.2) is 53.1 Å². The molecule has 0 aromatic carbocycles. The molecule has 0 amide bonds. The van der Waals surface area contributed by atoms with Gasteiger partial charge >= 0.3 is 11.9 Å². The average Bonchev–Trinajstić information content (AvgIpc) is 2.55. The fourth-order valence-corrected chi connectivity index (χ4v) is 1.77. The second-order valence-electron chi connectivity index (χ2n) is 5.45. The molecule has 1 atom stereocenters. The summed E-state index contributed by atoms with van der Waals surface area (Å²) in [6.07, 6.45) is 11.1. The highest BCUT2D eigenvalue weighted by atomic mass is 16.5. The third kappa shape index (κ3) is 25.5. The van der Waals surface area contributed by atoms with Crippen molar-refractivity contribution in [2.45, 2.75) is 64.4 Å². The normalized spacial score (nSPS) is 11.8. The summed E-state index contributed by atoms with van der Waals surface area (Å²) in [4.78, 5) is 19.1. The van der Waals surface area contributed by atoms with Crippen molar-refractivity contribution in [3.63, 3.8) is 0 Å². The van der Waals surface area contributed by atoms with E-state index in [0.29, 0.717) is 18.8 Å². The molecule has 0 rings (SSSR count). The molecule has 0 aliphatic rings. The van der Waals surface area contributed by atoms with Gasteiger partial charge in [0.1, 0.15) is 0 Å². The highest BCUT2D eigenvalue weighted by Crippen LogP contribution is 2.08. The summed E-state index contributed by atoms with van der Waals surface area (Å²) in [5, 5.41) is 24.8. The zero-order chi connectivity index (χ0) is 18.6. The molecule has 142 valence electrons. The lowest BCUT2D eigenvalue weighted by atomic mass is 10.1. The Hall–Kier alpha value is -1.44. The number of hydrogen-bond acceptors (Lipinski definition) is 5. The predicted molar refractivity (Wildman–Crippen MR) is 92.9 cm³/mol. The summed E-state index contributed by atoms with van der Waals surface area (Å²) in [6.45, 7) is 3.67. The second-order valence-corrected chi connectivity index (χ2v) is 5.45. The summed E-state index contributed by atoms with van der Waals surface area (Å²) in [5.41, 5.74) is 5.26. The van der Waals surface area contributed by atoms with Crippen LogP contribution in [0.2, 0.25) is 0 Å². The number of rotatable bonds is 14. The number of carboxylic acids is 2. The van der Waals surface area contributed by atoms with E-state index in [1.807, 2.05) is 0 Å². The van der Waals surface area contributed by atoms with E-state index in [4.69, 9.17) is 25.8 Å². The summed E-state index contributed by atoms with van der Waals surface area (Å²) < 4.78 is 5.30. The molecule has 0 aliphatic carbocycles. The van der Waals surface area contributed by atoms with E-state index < -0.39 is 18.0 Å². The van der Waals surface area contributed by atoms with E-state index in [1.165, 1.54) is 44.9 Å². The Morgan fingerprint density at radius 2 is 1.42 bits per heavy atom. The first-order valence-corrected chi connectivity index (χ1v) is 8.53. The van der Waals surface area contributed by atoms with Crippen LogP contribution in [0.5, 0.6) is 0 Å². The van der Waals surface area contributed by atoms with Gasteiger partial charge in [0.25, 0.3) is 0 Å². The van der Waals surface area contributed by atoms with Crippen molar-refractivity contribution in [1.29, 1.82) is 0 Å². The fraction of sp³-hybridized carbons (Fsp3) is 0.765. The molecule has 0 aromatic rings. The third-order valence-corrected chi connectivity index (χ3v) is 3.09.